The number of benzene rings is 1. The summed E-state index contributed by atoms with van der Waals surface area (Å²) in [4.78, 5) is 0. The molecule has 1 nitrogen and oxygen atoms in total. The Bertz CT molecular complexity index is 466. The summed E-state index contributed by atoms with van der Waals surface area (Å²) >= 11 is 0. The molecule has 0 saturated heterocycles. The Morgan fingerprint density at radius 2 is 1.62 bits per heavy atom. The van der Waals surface area contributed by atoms with Crippen LogP contribution in [0.3, 0.4) is 0 Å². The predicted octanol–water partition coefficient (Wildman–Crippen LogP) is 3.49. The second kappa shape index (κ2) is 4.52. The van der Waals surface area contributed by atoms with E-state index in [0.29, 0.717) is 0 Å². The summed E-state index contributed by atoms with van der Waals surface area (Å²) in [5.41, 5.74) is 3.25. The van der Waals surface area contributed by atoms with E-state index in [1.54, 1.807) is 6.07 Å². The molecule has 0 saturated carbocycles. The fourth-order valence-electron chi connectivity index (χ4n) is 1.99. The number of hydrogen-bond acceptors (Lipinski definition) is 0. The molecule has 0 unspecified atom stereocenters. The first-order chi connectivity index (χ1) is 7.68. The molecule has 16 heavy (non-hydrogen) atoms. The molecule has 0 N–H and O–H groups in total. The van der Waals surface area contributed by atoms with E-state index >= 15 is 0 Å². The van der Waals surface area contributed by atoms with Crippen molar-refractivity contribution in [3.8, 4) is 0 Å². The first-order valence-electron chi connectivity index (χ1n) is 5.54. The fourth-order valence-corrected chi connectivity index (χ4v) is 1.99. The molecule has 0 aliphatic heterocycles. The van der Waals surface area contributed by atoms with Crippen LogP contribution in [0.25, 0.3) is 0 Å². The zero-order valence-electron chi connectivity index (χ0n) is 9.70. The van der Waals surface area contributed by atoms with Gasteiger partial charge < -0.3 is 4.57 Å². The highest BCUT2D eigenvalue weighted by atomic mass is 19.1. The molecule has 2 heteroatoms. The lowest BCUT2D eigenvalue weighted by molar-refractivity contribution is 0.588. The number of nitrogens with zero attached hydrogens (tertiary/aromatic N) is 1. The molecule has 0 aliphatic carbocycles. The maximum absolute atomic E-state index is 13.4. The van der Waals surface area contributed by atoms with Crippen LogP contribution in [-0.2, 0) is 13.0 Å². The van der Waals surface area contributed by atoms with Crippen LogP contribution >= 0.6 is 0 Å². The Hall–Kier alpha value is -1.57. The monoisotopic (exact) mass is 217 g/mol. The van der Waals surface area contributed by atoms with Gasteiger partial charge in [-0.3, -0.25) is 0 Å². The Kier molecular flexibility index (Phi) is 3.09. The van der Waals surface area contributed by atoms with E-state index in [4.69, 9.17) is 0 Å². The summed E-state index contributed by atoms with van der Waals surface area (Å²) in [5.74, 6) is -0.107. The Morgan fingerprint density at radius 3 is 2.25 bits per heavy atom. The first-order valence-corrected chi connectivity index (χ1v) is 5.54. The molecule has 0 aliphatic rings. The molecule has 0 bridgehead atoms. The van der Waals surface area contributed by atoms with Gasteiger partial charge in [0.2, 0.25) is 0 Å². The maximum atomic E-state index is 13.4. The van der Waals surface area contributed by atoms with Gasteiger partial charge in [-0.1, -0.05) is 18.2 Å². The molecular formula is C14H16FN. The number of hydrogen-bond donors (Lipinski definition) is 0. The number of aryl methyl sites for hydroxylation is 3. The molecule has 1 aromatic heterocycles. The van der Waals surface area contributed by atoms with Crippen molar-refractivity contribution in [1.82, 2.24) is 4.57 Å². The second-order valence-corrected chi connectivity index (χ2v) is 4.11. The van der Waals surface area contributed by atoms with Gasteiger partial charge in [0.25, 0.3) is 0 Å². The highest BCUT2D eigenvalue weighted by Crippen LogP contribution is 2.12. The molecule has 1 aromatic carbocycles. The van der Waals surface area contributed by atoms with Crippen LogP contribution in [0, 0.1) is 19.7 Å². The van der Waals surface area contributed by atoms with Crippen LogP contribution in [0.4, 0.5) is 4.39 Å². The second-order valence-electron chi connectivity index (χ2n) is 4.11. The van der Waals surface area contributed by atoms with Crippen molar-refractivity contribution in [3.05, 3.63) is 59.2 Å². The number of halogens is 1. The molecular weight excluding hydrogens is 201 g/mol. The quantitative estimate of drug-likeness (QED) is 0.741. The Balaban J connectivity index is 2.11. The van der Waals surface area contributed by atoms with Gasteiger partial charge in [0.05, 0.1) is 0 Å². The van der Waals surface area contributed by atoms with Gasteiger partial charge >= 0.3 is 0 Å². The Morgan fingerprint density at radius 1 is 1.00 bits per heavy atom. The maximum Gasteiger partial charge on any atom is 0.126 e. The van der Waals surface area contributed by atoms with Crippen molar-refractivity contribution in [3.63, 3.8) is 0 Å². The van der Waals surface area contributed by atoms with E-state index < -0.39 is 0 Å². The molecule has 0 amide bonds. The summed E-state index contributed by atoms with van der Waals surface area (Å²) < 4.78 is 15.6. The van der Waals surface area contributed by atoms with Gasteiger partial charge in [-0.15, -0.1) is 0 Å². The lowest BCUT2D eigenvalue weighted by Gasteiger charge is -2.09. The molecule has 0 radical (unpaired) electrons. The first kappa shape index (κ1) is 10.9. The summed E-state index contributed by atoms with van der Waals surface area (Å²) in [5, 5.41) is 0. The van der Waals surface area contributed by atoms with Crippen LogP contribution < -0.4 is 0 Å². The van der Waals surface area contributed by atoms with E-state index in [1.165, 1.54) is 17.5 Å². The van der Waals surface area contributed by atoms with E-state index in [-0.39, 0.29) is 5.82 Å². The molecule has 84 valence electrons. The average molecular weight is 217 g/mol. The SMILES string of the molecule is Cc1ccc(C)n1CCc1ccccc1F. The summed E-state index contributed by atoms with van der Waals surface area (Å²) in [6.45, 7) is 4.99. The van der Waals surface area contributed by atoms with E-state index in [0.717, 1.165) is 18.5 Å². The minimum absolute atomic E-state index is 0.107. The van der Waals surface area contributed by atoms with Crippen LogP contribution in [0.1, 0.15) is 17.0 Å². The number of rotatable bonds is 3. The topological polar surface area (TPSA) is 4.93 Å². The normalized spacial score (nSPS) is 10.7. The van der Waals surface area contributed by atoms with Gasteiger partial charge in [0.15, 0.2) is 0 Å². The minimum atomic E-state index is -0.107. The highest BCUT2D eigenvalue weighted by molar-refractivity contribution is 5.18. The molecule has 0 fully saturated rings. The standard InChI is InChI=1S/C14H16FN/c1-11-7-8-12(2)16(11)10-9-13-5-3-4-6-14(13)15/h3-8H,9-10H2,1-2H3. The lowest BCUT2D eigenvalue weighted by atomic mass is 10.1. The third-order valence-electron chi connectivity index (χ3n) is 2.98. The van der Waals surface area contributed by atoms with E-state index in [9.17, 15) is 4.39 Å². The number of aromatic nitrogens is 1. The highest BCUT2D eigenvalue weighted by Gasteiger charge is 2.04. The van der Waals surface area contributed by atoms with Crippen molar-refractivity contribution >= 4 is 0 Å². The third kappa shape index (κ3) is 2.16. The van der Waals surface area contributed by atoms with Crippen LogP contribution in [0.2, 0.25) is 0 Å². The van der Waals surface area contributed by atoms with Gasteiger partial charge in [-0.05, 0) is 44.0 Å². The van der Waals surface area contributed by atoms with Crippen LogP contribution in [0.5, 0.6) is 0 Å². The smallest absolute Gasteiger partial charge is 0.126 e. The third-order valence-corrected chi connectivity index (χ3v) is 2.98. The van der Waals surface area contributed by atoms with Gasteiger partial charge in [0.1, 0.15) is 5.82 Å². The summed E-state index contributed by atoms with van der Waals surface area (Å²) in [6, 6.07) is 11.2. The van der Waals surface area contributed by atoms with Crippen molar-refractivity contribution in [1.29, 1.82) is 0 Å². The molecule has 2 rings (SSSR count). The minimum Gasteiger partial charge on any atom is -0.349 e. The van der Waals surface area contributed by atoms with Crippen molar-refractivity contribution in [2.45, 2.75) is 26.8 Å². The van der Waals surface area contributed by atoms with Gasteiger partial charge in [-0.25, -0.2) is 4.39 Å². The lowest BCUT2D eigenvalue weighted by Crippen LogP contribution is -2.05. The molecule has 2 aromatic rings. The largest absolute Gasteiger partial charge is 0.349 e. The van der Waals surface area contributed by atoms with Crippen molar-refractivity contribution in [2.75, 3.05) is 0 Å². The average Bonchev–Trinajstić information content (AvgIpc) is 2.58. The van der Waals surface area contributed by atoms with Crippen LogP contribution in [-0.4, -0.2) is 4.57 Å². The zero-order valence-corrected chi connectivity index (χ0v) is 9.70. The van der Waals surface area contributed by atoms with Crippen molar-refractivity contribution < 1.29 is 4.39 Å². The van der Waals surface area contributed by atoms with Gasteiger partial charge in [0, 0.05) is 17.9 Å². The predicted molar refractivity (Wildman–Crippen MR) is 64.0 cm³/mol. The zero-order chi connectivity index (χ0) is 11.5. The van der Waals surface area contributed by atoms with Crippen LogP contribution in [0.15, 0.2) is 36.4 Å². The molecule has 0 spiro atoms. The van der Waals surface area contributed by atoms with Gasteiger partial charge in [-0.2, -0.15) is 0 Å². The Labute approximate surface area is 95.5 Å². The summed E-state index contributed by atoms with van der Waals surface area (Å²) in [7, 11) is 0. The molecule has 1 heterocycles. The summed E-state index contributed by atoms with van der Waals surface area (Å²) in [6.07, 6.45) is 0.739. The van der Waals surface area contributed by atoms with E-state index in [2.05, 4.69) is 30.5 Å². The fraction of sp³-hybridized carbons (Fsp3) is 0.286. The van der Waals surface area contributed by atoms with Crippen molar-refractivity contribution in [2.24, 2.45) is 0 Å². The van der Waals surface area contributed by atoms with E-state index in [1.807, 2.05) is 12.1 Å². The molecule has 0 atom stereocenters.